The molecule has 0 aliphatic heterocycles. The summed E-state index contributed by atoms with van der Waals surface area (Å²) in [6, 6.07) is 10.1. The normalized spacial score (nSPS) is 11.5. The van der Waals surface area contributed by atoms with Gasteiger partial charge in [-0.25, -0.2) is 9.78 Å². The molecule has 0 spiro atoms. The maximum atomic E-state index is 11.0. The average molecular weight is 258 g/mol. The van der Waals surface area contributed by atoms with Crippen LogP contribution in [-0.4, -0.2) is 21.0 Å². The molecule has 4 nitrogen and oxygen atoms in total. The second-order valence-electron chi connectivity index (χ2n) is 5.41. The Hall–Kier alpha value is -2.10. The van der Waals surface area contributed by atoms with Gasteiger partial charge < -0.3 is 10.1 Å². The molecule has 0 bridgehead atoms. The monoisotopic (exact) mass is 258 g/mol. The van der Waals surface area contributed by atoms with E-state index < -0.39 is 5.97 Å². The third-order valence-corrected chi connectivity index (χ3v) is 3.22. The Morgan fingerprint density at radius 1 is 1.32 bits per heavy atom. The molecule has 0 aliphatic carbocycles. The second kappa shape index (κ2) is 4.88. The van der Waals surface area contributed by atoms with Crippen molar-refractivity contribution in [3.8, 4) is 0 Å². The van der Waals surface area contributed by atoms with Gasteiger partial charge in [-0.1, -0.05) is 44.2 Å². The first-order valence-electron chi connectivity index (χ1n) is 6.24. The summed E-state index contributed by atoms with van der Waals surface area (Å²) in [5.74, 6) is -0.276. The number of imidazole rings is 1. The Kier molecular flexibility index (Phi) is 3.42. The van der Waals surface area contributed by atoms with Crippen LogP contribution in [0.25, 0.3) is 0 Å². The van der Waals surface area contributed by atoms with Crippen molar-refractivity contribution in [3.63, 3.8) is 0 Å². The van der Waals surface area contributed by atoms with E-state index >= 15 is 0 Å². The van der Waals surface area contributed by atoms with Crippen LogP contribution in [-0.2, 0) is 11.8 Å². The van der Waals surface area contributed by atoms with Crippen LogP contribution in [0.5, 0.6) is 0 Å². The Bertz CT molecular complexity index is 585. The predicted octanol–water partition coefficient (Wildman–Crippen LogP) is 2.94. The van der Waals surface area contributed by atoms with Crippen LogP contribution >= 0.6 is 0 Å². The topological polar surface area (TPSA) is 66.0 Å². The van der Waals surface area contributed by atoms with Gasteiger partial charge in [0, 0.05) is 11.1 Å². The number of nitrogens with one attached hydrogen (secondary N) is 1. The number of benzene rings is 1. The molecule has 1 aromatic carbocycles. The molecule has 2 aromatic rings. The Morgan fingerprint density at radius 3 is 2.47 bits per heavy atom. The summed E-state index contributed by atoms with van der Waals surface area (Å²) >= 11 is 0. The van der Waals surface area contributed by atoms with Crippen molar-refractivity contribution >= 4 is 5.97 Å². The zero-order valence-corrected chi connectivity index (χ0v) is 11.4. The summed E-state index contributed by atoms with van der Waals surface area (Å²) in [4.78, 5) is 18.4. The number of hydrogen-bond acceptors (Lipinski definition) is 2. The summed E-state index contributed by atoms with van der Waals surface area (Å²) in [5, 5.41) is 9.05. The molecule has 19 heavy (non-hydrogen) atoms. The van der Waals surface area contributed by atoms with Crippen LogP contribution in [0.1, 0.15) is 41.4 Å². The first-order valence-corrected chi connectivity index (χ1v) is 6.24. The molecule has 2 N–H and O–H groups in total. The van der Waals surface area contributed by atoms with Crippen LogP contribution in [0.3, 0.4) is 0 Å². The van der Waals surface area contributed by atoms with Crippen molar-refractivity contribution in [1.82, 2.24) is 9.97 Å². The second-order valence-corrected chi connectivity index (χ2v) is 5.41. The van der Waals surface area contributed by atoms with E-state index in [-0.39, 0.29) is 11.1 Å². The van der Waals surface area contributed by atoms with Crippen molar-refractivity contribution in [2.24, 2.45) is 0 Å². The molecule has 0 atom stereocenters. The molecule has 1 heterocycles. The molecule has 100 valence electrons. The SMILES string of the molecule is Cc1[nH]c(C(C)(C)Cc2ccccc2)nc1C(=O)O. The Morgan fingerprint density at radius 2 is 1.95 bits per heavy atom. The number of carbonyl (C=O) groups is 1. The lowest BCUT2D eigenvalue weighted by Crippen LogP contribution is -2.22. The fraction of sp³-hybridized carbons (Fsp3) is 0.333. The van der Waals surface area contributed by atoms with E-state index in [9.17, 15) is 4.79 Å². The summed E-state index contributed by atoms with van der Waals surface area (Å²) < 4.78 is 0. The molecular formula is C15H18N2O2. The lowest BCUT2D eigenvalue weighted by molar-refractivity contribution is 0.0690. The largest absolute Gasteiger partial charge is 0.476 e. The summed E-state index contributed by atoms with van der Waals surface area (Å²) in [5.41, 5.74) is 1.68. The third kappa shape index (κ3) is 2.84. The highest BCUT2D eigenvalue weighted by molar-refractivity contribution is 5.86. The van der Waals surface area contributed by atoms with Gasteiger partial charge in [0.25, 0.3) is 0 Å². The molecule has 1 aromatic heterocycles. The van der Waals surface area contributed by atoms with Crippen LogP contribution in [0, 0.1) is 6.92 Å². The molecule has 0 aliphatic rings. The van der Waals surface area contributed by atoms with E-state index in [0.29, 0.717) is 11.5 Å². The lowest BCUT2D eigenvalue weighted by atomic mass is 9.85. The number of hydrogen-bond donors (Lipinski definition) is 2. The maximum Gasteiger partial charge on any atom is 0.356 e. The summed E-state index contributed by atoms with van der Waals surface area (Å²) in [6.45, 7) is 5.85. The van der Waals surface area contributed by atoms with Gasteiger partial charge in [0.15, 0.2) is 5.69 Å². The van der Waals surface area contributed by atoms with Gasteiger partial charge >= 0.3 is 5.97 Å². The fourth-order valence-corrected chi connectivity index (χ4v) is 2.18. The molecule has 0 saturated carbocycles. The molecule has 0 amide bonds. The van der Waals surface area contributed by atoms with E-state index in [1.807, 2.05) is 18.2 Å². The van der Waals surface area contributed by atoms with Gasteiger partial charge in [-0.2, -0.15) is 0 Å². The lowest BCUT2D eigenvalue weighted by Gasteiger charge is -2.22. The smallest absolute Gasteiger partial charge is 0.356 e. The number of rotatable bonds is 4. The molecule has 0 fully saturated rings. The van der Waals surface area contributed by atoms with Gasteiger partial charge in [0.2, 0.25) is 0 Å². The summed E-state index contributed by atoms with van der Waals surface area (Å²) in [7, 11) is 0. The highest BCUT2D eigenvalue weighted by Gasteiger charge is 2.27. The van der Waals surface area contributed by atoms with Crippen molar-refractivity contribution < 1.29 is 9.90 Å². The van der Waals surface area contributed by atoms with Crippen molar-refractivity contribution in [2.45, 2.75) is 32.6 Å². The van der Waals surface area contributed by atoms with E-state index in [1.165, 1.54) is 5.56 Å². The zero-order chi connectivity index (χ0) is 14.0. The van der Waals surface area contributed by atoms with E-state index in [1.54, 1.807) is 6.92 Å². The van der Waals surface area contributed by atoms with Crippen molar-refractivity contribution in [2.75, 3.05) is 0 Å². The van der Waals surface area contributed by atoms with E-state index in [0.717, 1.165) is 6.42 Å². The van der Waals surface area contributed by atoms with Gasteiger partial charge in [-0.15, -0.1) is 0 Å². The quantitative estimate of drug-likeness (QED) is 0.886. The van der Waals surface area contributed by atoms with Gasteiger partial charge in [0.05, 0.1) is 0 Å². The number of H-pyrrole nitrogens is 1. The van der Waals surface area contributed by atoms with Crippen LogP contribution in [0.2, 0.25) is 0 Å². The number of carboxylic acids is 1. The number of aromatic nitrogens is 2. The molecule has 2 rings (SSSR count). The highest BCUT2D eigenvalue weighted by Crippen LogP contribution is 2.26. The number of aromatic amines is 1. The molecule has 0 saturated heterocycles. The first kappa shape index (κ1) is 13.3. The van der Waals surface area contributed by atoms with Crippen molar-refractivity contribution in [3.05, 3.63) is 53.1 Å². The summed E-state index contributed by atoms with van der Waals surface area (Å²) in [6.07, 6.45) is 0.805. The number of carboxylic acid groups (broad SMARTS) is 1. The molecule has 0 radical (unpaired) electrons. The van der Waals surface area contributed by atoms with Crippen molar-refractivity contribution in [1.29, 1.82) is 0 Å². The Labute approximate surface area is 112 Å². The minimum atomic E-state index is -0.990. The standard InChI is InChI=1S/C15H18N2O2/c1-10-12(13(18)19)17-14(16-10)15(2,3)9-11-7-5-4-6-8-11/h4-8H,9H2,1-3H3,(H,16,17)(H,18,19). The minimum absolute atomic E-state index is 0.108. The third-order valence-electron chi connectivity index (χ3n) is 3.22. The number of nitrogens with zero attached hydrogens (tertiary/aromatic N) is 1. The zero-order valence-electron chi connectivity index (χ0n) is 11.4. The highest BCUT2D eigenvalue weighted by atomic mass is 16.4. The van der Waals surface area contributed by atoms with E-state index in [2.05, 4.69) is 35.9 Å². The average Bonchev–Trinajstić information content (AvgIpc) is 2.73. The van der Waals surface area contributed by atoms with Crippen LogP contribution in [0.4, 0.5) is 0 Å². The Balaban J connectivity index is 2.29. The molecular weight excluding hydrogens is 240 g/mol. The number of aromatic carboxylic acids is 1. The maximum absolute atomic E-state index is 11.0. The van der Waals surface area contributed by atoms with Gasteiger partial charge in [0.1, 0.15) is 5.82 Å². The molecule has 4 heteroatoms. The first-order chi connectivity index (χ1) is 8.90. The van der Waals surface area contributed by atoms with Gasteiger partial charge in [-0.05, 0) is 18.9 Å². The van der Waals surface area contributed by atoms with Gasteiger partial charge in [-0.3, -0.25) is 0 Å². The fourth-order valence-electron chi connectivity index (χ4n) is 2.18. The van der Waals surface area contributed by atoms with E-state index in [4.69, 9.17) is 5.11 Å². The number of aryl methyl sites for hydroxylation is 1. The van der Waals surface area contributed by atoms with Crippen LogP contribution < -0.4 is 0 Å². The molecule has 0 unspecified atom stereocenters. The minimum Gasteiger partial charge on any atom is -0.476 e. The predicted molar refractivity (Wildman–Crippen MR) is 73.5 cm³/mol. The van der Waals surface area contributed by atoms with Crippen LogP contribution in [0.15, 0.2) is 30.3 Å².